The lowest BCUT2D eigenvalue weighted by atomic mass is 9.93. The van der Waals surface area contributed by atoms with Crippen molar-refractivity contribution in [2.45, 2.75) is 25.4 Å². The third-order valence-corrected chi connectivity index (χ3v) is 3.07. The van der Waals surface area contributed by atoms with Crippen molar-refractivity contribution in [2.24, 2.45) is 5.73 Å². The lowest BCUT2D eigenvalue weighted by Crippen LogP contribution is -2.17. The Morgan fingerprint density at radius 3 is 3.27 bits per heavy atom. The van der Waals surface area contributed by atoms with Crippen molar-refractivity contribution in [1.82, 2.24) is 4.98 Å². The molecule has 0 fully saturated rings. The zero-order valence-electron chi connectivity index (χ0n) is 8.58. The molecule has 0 amide bonds. The Labute approximate surface area is 98.2 Å². The quantitative estimate of drug-likeness (QED) is 0.916. The van der Waals surface area contributed by atoms with Crippen LogP contribution in [0.1, 0.15) is 30.2 Å². The first kappa shape index (κ1) is 11.0. The Balaban J connectivity index is 2.20. The second-order valence-corrected chi connectivity index (χ2v) is 4.65. The van der Waals surface area contributed by atoms with Crippen LogP contribution in [0.15, 0.2) is 16.7 Å². The van der Waals surface area contributed by atoms with Gasteiger partial charge >= 0.3 is 0 Å². The summed E-state index contributed by atoms with van der Waals surface area (Å²) in [7, 11) is 0. The predicted octanol–water partition coefficient (Wildman–Crippen LogP) is 2.20. The van der Waals surface area contributed by atoms with Gasteiger partial charge in [0.15, 0.2) is 0 Å². The molecule has 1 aromatic rings. The molecule has 1 aliphatic rings. The van der Waals surface area contributed by atoms with Crippen LogP contribution in [-0.4, -0.2) is 18.1 Å². The molecule has 0 radical (unpaired) electrons. The van der Waals surface area contributed by atoms with Crippen molar-refractivity contribution >= 4 is 15.9 Å². The van der Waals surface area contributed by atoms with Gasteiger partial charge in [0.2, 0.25) is 0 Å². The van der Waals surface area contributed by atoms with Gasteiger partial charge in [-0.15, -0.1) is 0 Å². The number of fused-ring (bicyclic) bond motifs is 1. The second-order valence-electron chi connectivity index (χ2n) is 3.73. The number of nitrogens with two attached hydrogens (primary N) is 1. The van der Waals surface area contributed by atoms with Gasteiger partial charge in [0.1, 0.15) is 0 Å². The molecule has 1 aliphatic carbocycles. The van der Waals surface area contributed by atoms with Crippen molar-refractivity contribution in [3.05, 3.63) is 28.0 Å². The van der Waals surface area contributed by atoms with Gasteiger partial charge in [-0.1, -0.05) is 0 Å². The van der Waals surface area contributed by atoms with E-state index in [1.807, 2.05) is 6.20 Å². The molecule has 0 aliphatic heterocycles. The van der Waals surface area contributed by atoms with E-state index >= 15 is 0 Å². The highest BCUT2D eigenvalue weighted by Gasteiger charge is 2.21. The molecule has 82 valence electrons. The fourth-order valence-electron chi connectivity index (χ4n) is 1.96. The second kappa shape index (κ2) is 5.05. The van der Waals surface area contributed by atoms with Crippen molar-refractivity contribution in [1.29, 1.82) is 0 Å². The minimum absolute atomic E-state index is 0.183. The van der Waals surface area contributed by atoms with Gasteiger partial charge < -0.3 is 10.5 Å². The average Bonchev–Trinajstić information content (AvgIpc) is 2.26. The molecule has 1 unspecified atom stereocenters. The zero-order valence-corrected chi connectivity index (χ0v) is 10.2. The fourth-order valence-corrected chi connectivity index (χ4v) is 2.31. The third kappa shape index (κ3) is 2.56. The van der Waals surface area contributed by atoms with E-state index in [1.54, 1.807) is 0 Å². The number of aromatic nitrogens is 1. The minimum atomic E-state index is 0.183. The molecule has 0 saturated heterocycles. The van der Waals surface area contributed by atoms with Gasteiger partial charge in [-0.25, -0.2) is 0 Å². The maximum Gasteiger partial charge on any atom is 0.0843 e. The highest BCUT2D eigenvalue weighted by molar-refractivity contribution is 9.10. The van der Waals surface area contributed by atoms with E-state index in [9.17, 15) is 0 Å². The summed E-state index contributed by atoms with van der Waals surface area (Å²) >= 11 is 3.44. The summed E-state index contributed by atoms with van der Waals surface area (Å²) in [5.41, 5.74) is 7.84. The topological polar surface area (TPSA) is 48.1 Å². The van der Waals surface area contributed by atoms with E-state index in [1.165, 1.54) is 11.3 Å². The van der Waals surface area contributed by atoms with Crippen LogP contribution in [0.25, 0.3) is 0 Å². The molecule has 0 spiro atoms. The van der Waals surface area contributed by atoms with Gasteiger partial charge in [-0.05, 0) is 41.3 Å². The summed E-state index contributed by atoms with van der Waals surface area (Å²) < 4.78 is 6.75. The first-order valence-corrected chi connectivity index (χ1v) is 6.06. The van der Waals surface area contributed by atoms with Crippen LogP contribution in [0.5, 0.6) is 0 Å². The standard InChI is InChI=1S/C11H15BrN2O/c12-8-6-9-10(14-7-8)2-1-3-11(9)15-5-4-13/h6-7,11H,1-5,13H2. The normalized spacial score (nSPS) is 20.0. The summed E-state index contributed by atoms with van der Waals surface area (Å²) in [6.07, 6.45) is 5.32. The molecule has 3 nitrogen and oxygen atoms in total. The fraction of sp³-hybridized carbons (Fsp3) is 0.545. The van der Waals surface area contributed by atoms with E-state index in [2.05, 4.69) is 27.0 Å². The van der Waals surface area contributed by atoms with E-state index in [0.717, 1.165) is 23.7 Å². The number of hydrogen-bond acceptors (Lipinski definition) is 3. The summed E-state index contributed by atoms with van der Waals surface area (Å²) in [6.45, 7) is 1.20. The molecule has 0 saturated carbocycles. The third-order valence-electron chi connectivity index (χ3n) is 2.63. The summed E-state index contributed by atoms with van der Waals surface area (Å²) in [5.74, 6) is 0. The van der Waals surface area contributed by atoms with Crippen molar-refractivity contribution in [2.75, 3.05) is 13.2 Å². The molecule has 4 heteroatoms. The molecule has 1 atom stereocenters. The first-order chi connectivity index (χ1) is 7.31. The van der Waals surface area contributed by atoms with E-state index in [0.29, 0.717) is 13.2 Å². The SMILES string of the molecule is NCCOC1CCCc2ncc(Br)cc21. The lowest BCUT2D eigenvalue weighted by Gasteiger charge is -2.24. The number of pyridine rings is 1. The molecule has 2 rings (SSSR count). The molecular weight excluding hydrogens is 256 g/mol. The van der Waals surface area contributed by atoms with Crippen molar-refractivity contribution in [3.8, 4) is 0 Å². The summed E-state index contributed by atoms with van der Waals surface area (Å²) in [5, 5.41) is 0. The Bertz CT molecular complexity index is 343. The summed E-state index contributed by atoms with van der Waals surface area (Å²) in [4.78, 5) is 4.42. The maximum atomic E-state index is 5.73. The largest absolute Gasteiger partial charge is 0.372 e. The van der Waals surface area contributed by atoms with Crippen LogP contribution in [0.4, 0.5) is 0 Å². The molecule has 1 heterocycles. The van der Waals surface area contributed by atoms with E-state index in [4.69, 9.17) is 10.5 Å². The van der Waals surface area contributed by atoms with Gasteiger partial charge in [-0.3, -0.25) is 4.98 Å². The average molecular weight is 271 g/mol. The number of aryl methyl sites for hydroxylation is 1. The van der Waals surface area contributed by atoms with Crippen LogP contribution in [0, 0.1) is 0 Å². The zero-order chi connectivity index (χ0) is 10.7. The first-order valence-electron chi connectivity index (χ1n) is 5.27. The highest BCUT2D eigenvalue weighted by atomic mass is 79.9. The summed E-state index contributed by atoms with van der Waals surface area (Å²) in [6, 6.07) is 2.11. The van der Waals surface area contributed by atoms with Crippen LogP contribution in [0.3, 0.4) is 0 Å². The lowest BCUT2D eigenvalue weighted by molar-refractivity contribution is 0.0454. The smallest absolute Gasteiger partial charge is 0.0843 e. The molecule has 0 aromatic carbocycles. The number of halogens is 1. The molecule has 1 aromatic heterocycles. The Morgan fingerprint density at radius 2 is 2.47 bits per heavy atom. The monoisotopic (exact) mass is 270 g/mol. The molecule has 2 N–H and O–H groups in total. The highest BCUT2D eigenvalue weighted by Crippen LogP contribution is 2.32. The number of hydrogen-bond donors (Lipinski definition) is 1. The van der Waals surface area contributed by atoms with Crippen LogP contribution in [-0.2, 0) is 11.2 Å². The number of nitrogens with zero attached hydrogens (tertiary/aromatic N) is 1. The Hall–Kier alpha value is -0.450. The van der Waals surface area contributed by atoms with Gasteiger partial charge in [0.05, 0.1) is 12.7 Å². The maximum absolute atomic E-state index is 5.73. The van der Waals surface area contributed by atoms with Crippen molar-refractivity contribution in [3.63, 3.8) is 0 Å². The predicted molar refractivity (Wildman–Crippen MR) is 62.6 cm³/mol. The van der Waals surface area contributed by atoms with Gasteiger partial charge in [0, 0.05) is 28.5 Å². The molecular formula is C11H15BrN2O. The van der Waals surface area contributed by atoms with Crippen LogP contribution >= 0.6 is 15.9 Å². The van der Waals surface area contributed by atoms with Crippen LogP contribution < -0.4 is 5.73 Å². The Kier molecular flexibility index (Phi) is 3.72. The van der Waals surface area contributed by atoms with E-state index < -0.39 is 0 Å². The number of ether oxygens (including phenoxy) is 1. The van der Waals surface area contributed by atoms with Crippen LogP contribution in [0.2, 0.25) is 0 Å². The minimum Gasteiger partial charge on any atom is -0.372 e. The van der Waals surface area contributed by atoms with Crippen molar-refractivity contribution < 1.29 is 4.74 Å². The van der Waals surface area contributed by atoms with E-state index in [-0.39, 0.29) is 6.10 Å². The number of rotatable bonds is 3. The van der Waals surface area contributed by atoms with Gasteiger partial charge in [-0.2, -0.15) is 0 Å². The molecule has 15 heavy (non-hydrogen) atoms. The Morgan fingerprint density at radius 1 is 1.60 bits per heavy atom. The van der Waals surface area contributed by atoms with Gasteiger partial charge in [0.25, 0.3) is 0 Å². The molecule has 0 bridgehead atoms.